The number of rotatable bonds is 8. The molecule has 2 aromatic rings. The average Bonchev–Trinajstić information content (AvgIpc) is 2.70. The summed E-state index contributed by atoms with van der Waals surface area (Å²) in [6.45, 7) is 5.31. The first-order chi connectivity index (χ1) is 13.1. The van der Waals surface area contributed by atoms with Gasteiger partial charge in [-0.05, 0) is 49.9 Å². The highest BCUT2D eigenvalue weighted by molar-refractivity contribution is 14.0. The molecule has 0 saturated heterocycles. The summed E-state index contributed by atoms with van der Waals surface area (Å²) in [6.07, 6.45) is 2.05. The fourth-order valence-electron chi connectivity index (χ4n) is 2.80. The van der Waals surface area contributed by atoms with Crippen molar-refractivity contribution in [2.24, 2.45) is 4.99 Å². The first kappa shape index (κ1) is 23.9. The van der Waals surface area contributed by atoms with Crippen LogP contribution >= 0.6 is 24.0 Å². The molecule has 0 fully saturated rings. The quantitative estimate of drug-likeness (QED) is 0.298. The highest BCUT2D eigenvalue weighted by atomic mass is 127. The van der Waals surface area contributed by atoms with Crippen LogP contribution in [-0.4, -0.2) is 31.5 Å². The van der Waals surface area contributed by atoms with Gasteiger partial charge in [0, 0.05) is 31.7 Å². The lowest BCUT2D eigenvalue weighted by molar-refractivity contribution is 0.0955. The van der Waals surface area contributed by atoms with Gasteiger partial charge in [0.25, 0.3) is 5.91 Å². The molecule has 1 amide bonds. The molecule has 0 aliphatic carbocycles. The Kier molecular flexibility index (Phi) is 11.2. The summed E-state index contributed by atoms with van der Waals surface area (Å²) in [4.78, 5) is 16.3. The summed E-state index contributed by atoms with van der Waals surface area (Å²) in [7, 11) is 1.77. The van der Waals surface area contributed by atoms with Crippen LogP contribution in [0.5, 0.6) is 0 Å². The molecule has 5 nitrogen and oxygen atoms in total. The zero-order valence-corrected chi connectivity index (χ0v) is 19.2. The van der Waals surface area contributed by atoms with Crippen molar-refractivity contribution < 1.29 is 4.79 Å². The van der Waals surface area contributed by atoms with Gasteiger partial charge in [0.1, 0.15) is 0 Å². The molecule has 152 valence electrons. The third kappa shape index (κ3) is 8.29. The van der Waals surface area contributed by atoms with Gasteiger partial charge in [-0.1, -0.05) is 42.5 Å². The fourth-order valence-corrected chi connectivity index (χ4v) is 2.80. The number of aryl methyl sites for hydroxylation is 1. The molecule has 0 radical (unpaired) electrons. The first-order valence-corrected chi connectivity index (χ1v) is 9.50. The SMILES string of the molecule is CCNC(=O)c1cccc(CNC(=NC)NC(C)CCc2ccccc2)c1.I. The van der Waals surface area contributed by atoms with Gasteiger partial charge in [0.2, 0.25) is 0 Å². The van der Waals surface area contributed by atoms with Crippen LogP contribution in [0.2, 0.25) is 0 Å². The molecule has 28 heavy (non-hydrogen) atoms. The summed E-state index contributed by atoms with van der Waals surface area (Å²) >= 11 is 0. The van der Waals surface area contributed by atoms with Gasteiger partial charge in [-0.25, -0.2) is 0 Å². The van der Waals surface area contributed by atoms with Crippen LogP contribution in [0.1, 0.15) is 41.8 Å². The number of carbonyl (C=O) groups excluding carboxylic acids is 1. The van der Waals surface area contributed by atoms with Crippen LogP contribution in [0.15, 0.2) is 59.6 Å². The molecule has 0 saturated carbocycles. The van der Waals surface area contributed by atoms with Crippen LogP contribution in [0.3, 0.4) is 0 Å². The Morgan fingerprint density at radius 1 is 1.04 bits per heavy atom. The zero-order chi connectivity index (χ0) is 19.5. The van der Waals surface area contributed by atoms with E-state index in [0.29, 0.717) is 24.7 Å². The molecule has 2 rings (SSSR count). The normalized spacial score (nSPS) is 11.9. The predicted octanol–water partition coefficient (Wildman–Crippen LogP) is 3.74. The average molecular weight is 494 g/mol. The molecular weight excluding hydrogens is 463 g/mol. The molecule has 0 spiro atoms. The van der Waals surface area contributed by atoms with Crippen molar-refractivity contribution in [3.63, 3.8) is 0 Å². The summed E-state index contributed by atoms with van der Waals surface area (Å²) in [6, 6.07) is 18.4. The van der Waals surface area contributed by atoms with Crippen molar-refractivity contribution >= 4 is 35.8 Å². The van der Waals surface area contributed by atoms with Crippen LogP contribution in [0, 0.1) is 0 Å². The van der Waals surface area contributed by atoms with Crippen molar-refractivity contribution in [1.82, 2.24) is 16.0 Å². The number of halogens is 1. The van der Waals surface area contributed by atoms with E-state index in [0.717, 1.165) is 24.4 Å². The number of nitrogens with one attached hydrogen (secondary N) is 3. The van der Waals surface area contributed by atoms with Gasteiger partial charge < -0.3 is 16.0 Å². The fraction of sp³-hybridized carbons (Fsp3) is 0.364. The van der Waals surface area contributed by atoms with E-state index in [4.69, 9.17) is 0 Å². The molecule has 3 N–H and O–H groups in total. The van der Waals surface area contributed by atoms with Gasteiger partial charge in [-0.3, -0.25) is 9.79 Å². The Morgan fingerprint density at radius 2 is 1.75 bits per heavy atom. The molecule has 0 aliphatic heterocycles. The second-order valence-electron chi connectivity index (χ2n) is 6.56. The third-order valence-electron chi connectivity index (χ3n) is 4.30. The monoisotopic (exact) mass is 494 g/mol. The molecule has 0 aliphatic rings. The second kappa shape index (κ2) is 13.1. The smallest absolute Gasteiger partial charge is 0.251 e. The number of carbonyl (C=O) groups is 1. The van der Waals surface area contributed by atoms with Crippen molar-refractivity contribution in [3.05, 3.63) is 71.3 Å². The van der Waals surface area contributed by atoms with Crippen LogP contribution in [0.4, 0.5) is 0 Å². The van der Waals surface area contributed by atoms with E-state index in [2.05, 4.69) is 52.1 Å². The predicted molar refractivity (Wildman–Crippen MR) is 127 cm³/mol. The minimum atomic E-state index is -0.0450. The molecule has 0 heterocycles. The van der Waals surface area contributed by atoms with E-state index in [1.165, 1.54) is 5.56 Å². The van der Waals surface area contributed by atoms with Gasteiger partial charge in [0.15, 0.2) is 5.96 Å². The molecule has 0 aromatic heterocycles. The second-order valence-corrected chi connectivity index (χ2v) is 6.56. The molecule has 0 bridgehead atoms. The first-order valence-electron chi connectivity index (χ1n) is 9.50. The van der Waals surface area contributed by atoms with Crippen molar-refractivity contribution in [1.29, 1.82) is 0 Å². The van der Waals surface area contributed by atoms with Crippen LogP contribution in [0.25, 0.3) is 0 Å². The Bertz CT molecular complexity index is 749. The molecule has 2 aromatic carbocycles. The lowest BCUT2D eigenvalue weighted by Gasteiger charge is -2.18. The number of hydrogen-bond donors (Lipinski definition) is 3. The molecular formula is C22H31IN4O. The number of nitrogens with zero attached hydrogens (tertiary/aromatic N) is 1. The lowest BCUT2D eigenvalue weighted by atomic mass is 10.1. The number of benzene rings is 2. The van der Waals surface area contributed by atoms with E-state index in [1.54, 1.807) is 7.05 Å². The standard InChI is InChI=1S/C22H30N4O.HI/c1-4-24-21(27)20-12-8-11-19(15-20)16-25-22(23-3)26-17(2)13-14-18-9-6-5-7-10-18;/h5-12,15,17H,4,13-14,16H2,1-3H3,(H,24,27)(H2,23,25,26);1H. The summed E-state index contributed by atoms with van der Waals surface area (Å²) in [5.74, 6) is 0.718. The van der Waals surface area contributed by atoms with E-state index in [9.17, 15) is 4.79 Å². The Labute approximate surface area is 185 Å². The van der Waals surface area contributed by atoms with Gasteiger partial charge >= 0.3 is 0 Å². The molecule has 1 atom stereocenters. The Morgan fingerprint density at radius 3 is 2.43 bits per heavy atom. The van der Waals surface area contributed by atoms with Gasteiger partial charge in [-0.2, -0.15) is 0 Å². The van der Waals surface area contributed by atoms with Crippen molar-refractivity contribution in [2.75, 3.05) is 13.6 Å². The Hall–Kier alpha value is -2.09. The van der Waals surface area contributed by atoms with E-state index in [-0.39, 0.29) is 29.9 Å². The number of guanidine groups is 1. The number of hydrogen-bond acceptors (Lipinski definition) is 2. The minimum Gasteiger partial charge on any atom is -0.354 e. The van der Waals surface area contributed by atoms with Gasteiger partial charge in [-0.15, -0.1) is 24.0 Å². The van der Waals surface area contributed by atoms with E-state index < -0.39 is 0 Å². The topological polar surface area (TPSA) is 65.5 Å². The van der Waals surface area contributed by atoms with Crippen LogP contribution < -0.4 is 16.0 Å². The summed E-state index contributed by atoms with van der Waals surface area (Å²) in [5, 5.41) is 9.57. The number of amides is 1. The van der Waals surface area contributed by atoms with Crippen LogP contribution in [-0.2, 0) is 13.0 Å². The van der Waals surface area contributed by atoms with Crippen molar-refractivity contribution in [2.45, 2.75) is 39.3 Å². The summed E-state index contributed by atoms with van der Waals surface area (Å²) in [5.41, 5.74) is 3.06. The highest BCUT2D eigenvalue weighted by Crippen LogP contribution is 2.06. The zero-order valence-electron chi connectivity index (χ0n) is 16.9. The molecule has 6 heteroatoms. The maximum atomic E-state index is 12.0. The van der Waals surface area contributed by atoms with Crippen molar-refractivity contribution in [3.8, 4) is 0 Å². The Balaban J connectivity index is 0.00000392. The van der Waals surface area contributed by atoms with E-state index >= 15 is 0 Å². The lowest BCUT2D eigenvalue weighted by Crippen LogP contribution is -2.42. The van der Waals surface area contributed by atoms with Gasteiger partial charge in [0.05, 0.1) is 0 Å². The third-order valence-corrected chi connectivity index (χ3v) is 4.30. The maximum Gasteiger partial charge on any atom is 0.251 e. The largest absolute Gasteiger partial charge is 0.354 e. The maximum absolute atomic E-state index is 12.0. The summed E-state index contributed by atoms with van der Waals surface area (Å²) < 4.78 is 0. The minimum absolute atomic E-state index is 0. The number of aliphatic imine (C=N–C) groups is 1. The van der Waals surface area contributed by atoms with E-state index in [1.807, 2.05) is 37.3 Å². The molecule has 1 unspecified atom stereocenters. The highest BCUT2D eigenvalue weighted by Gasteiger charge is 2.07.